The average molecular weight is 414 g/mol. The largest absolute Gasteiger partial charge is 0.392 e. The summed E-state index contributed by atoms with van der Waals surface area (Å²) in [6, 6.07) is 4.05. The zero-order valence-corrected chi connectivity index (χ0v) is 16.2. The Bertz CT molecular complexity index is 1100. The van der Waals surface area contributed by atoms with Gasteiger partial charge in [-0.15, -0.1) is 0 Å². The van der Waals surface area contributed by atoms with Crippen molar-refractivity contribution in [3.63, 3.8) is 0 Å². The molecule has 6 nitrogen and oxygen atoms in total. The van der Waals surface area contributed by atoms with Crippen LogP contribution in [0.15, 0.2) is 36.3 Å². The first kappa shape index (κ1) is 19.0. The fourth-order valence-electron chi connectivity index (χ4n) is 4.24. The second kappa shape index (κ2) is 7.39. The van der Waals surface area contributed by atoms with Gasteiger partial charge in [0.05, 0.1) is 42.3 Å². The maximum absolute atomic E-state index is 13.4. The summed E-state index contributed by atoms with van der Waals surface area (Å²) in [5.74, 6) is 0.627. The molecule has 0 amide bonds. The molecule has 156 valence electrons. The van der Waals surface area contributed by atoms with Crippen LogP contribution in [0.4, 0.5) is 19.0 Å². The van der Waals surface area contributed by atoms with E-state index in [-0.39, 0.29) is 0 Å². The van der Waals surface area contributed by atoms with Crippen molar-refractivity contribution in [3.05, 3.63) is 53.1 Å². The number of nitrogens with zero attached hydrogens (tertiary/aromatic N) is 3. The van der Waals surface area contributed by atoms with Gasteiger partial charge in [-0.2, -0.15) is 18.3 Å². The quantitative estimate of drug-likeness (QED) is 0.605. The lowest BCUT2D eigenvalue weighted by Crippen LogP contribution is -2.51. The number of aromatic amines is 1. The molecule has 3 N–H and O–H groups in total. The molecule has 0 unspecified atom stereocenters. The van der Waals surface area contributed by atoms with E-state index in [0.717, 1.165) is 35.1 Å². The van der Waals surface area contributed by atoms with Crippen molar-refractivity contribution < 1.29 is 13.2 Å². The van der Waals surface area contributed by atoms with Gasteiger partial charge in [0.15, 0.2) is 0 Å². The summed E-state index contributed by atoms with van der Waals surface area (Å²) in [4.78, 5) is 8.94. The predicted octanol–water partition coefficient (Wildman–Crippen LogP) is 3.83. The third-order valence-electron chi connectivity index (χ3n) is 5.72. The van der Waals surface area contributed by atoms with Gasteiger partial charge in [0.2, 0.25) is 0 Å². The van der Waals surface area contributed by atoms with E-state index in [0.29, 0.717) is 48.0 Å². The second-order valence-electron chi connectivity index (χ2n) is 7.83. The molecule has 0 atom stereocenters. The molecule has 0 spiro atoms. The van der Waals surface area contributed by atoms with Crippen LogP contribution in [-0.4, -0.2) is 45.5 Å². The number of allylic oxidation sites excluding steroid dienone is 1. The minimum absolute atomic E-state index is 0.304. The molecule has 30 heavy (non-hydrogen) atoms. The first-order valence-electron chi connectivity index (χ1n) is 10.0. The fraction of sp³-hybridized carbons (Fsp3) is 0.381. The molecule has 3 aromatic rings. The summed E-state index contributed by atoms with van der Waals surface area (Å²) in [7, 11) is 0. The van der Waals surface area contributed by atoms with Crippen molar-refractivity contribution >= 4 is 22.3 Å². The highest BCUT2D eigenvalue weighted by Crippen LogP contribution is 2.41. The first-order valence-corrected chi connectivity index (χ1v) is 10.0. The summed E-state index contributed by atoms with van der Waals surface area (Å²) in [6.07, 6.45) is 1.41. The van der Waals surface area contributed by atoms with Crippen molar-refractivity contribution in [2.75, 3.05) is 18.4 Å². The van der Waals surface area contributed by atoms with E-state index >= 15 is 0 Å². The molecule has 2 aliphatic rings. The van der Waals surface area contributed by atoms with E-state index < -0.39 is 12.6 Å². The molecule has 9 heteroatoms. The van der Waals surface area contributed by atoms with Crippen LogP contribution in [0.5, 0.6) is 0 Å². The Kier molecular flexibility index (Phi) is 4.69. The smallest absolute Gasteiger partial charge is 0.363 e. The number of H-pyrrole nitrogens is 1. The lowest BCUT2D eigenvalue weighted by molar-refractivity contribution is -0.127. The maximum Gasteiger partial charge on any atom is 0.392 e. The van der Waals surface area contributed by atoms with Crippen LogP contribution < -0.4 is 10.6 Å². The van der Waals surface area contributed by atoms with Gasteiger partial charge in [-0.3, -0.25) is 10.1 Å². The Hall–Kier alpha value is -2.94. The van der Waals surface area contributed by atoms with Gasteiger partial charge in [-0.1, -0.05) is 11.6 Å². The third-order valence-corrected chi connectivity index (χ3v) is 5.72. The van der Waals surface area contributed by atoms with Crippen LogP contribution in [0.3, 0.4) is 0 Å². The summed E-state index contributed by atoms with van der Waals surface area (Å²) >= 11 is 0. The Balaban J connectivity index is 1.61. The highest BCUT2D eigenvalue weighted by molar-refractivity contribution is 5.92. The monoisotopic (exact) mass is 414 g/mol. The number of fused-ring (bicyclic) bond motifs is 3. The molecular weight excluding hydrogens is 393 g/mol. The Morgan fingerprint density at radius 3 is 2.63 bits per heavy atom. The first-order chi connectivity index (χ1) is 14.5. The predicted molar refractivity (Wildman–Crippen MR) is 108 cm³/mol. The minimum Gasteiger partial charge on any atom is -0.363 e. The number of anilines is 1. The number of hydrogen-bond donors (Lipinski definition) is 3. The van der Waals surface area contributed by atoms with Crippen LogP contribution in [-0.2, 0) is 6.42 Å². The standard InChI is InChI=1S/C21H21F3N6/c22-21(23,24)6-12-2-1-3-14-15(4-5-17-16(14)9-28-30-17)20(12)18-10-27-19(11-26-18)29-13-7-25-8-13/h4-5,9-11,13,25H,1-3,6-8H2,(H,27,29)(H,28,30). The van der Waals surface area contributed by atoms with Crippen LogP contribution in [0.25, 0.3) is 16.5 Å². The van der Waals surface area contributed by atoms with E-state index in [1.54, 1.807) is 18.6 Å². The number of alkyl halides is 3. The summed E-state index contributed by atoms with van der Waals surface area (Å²) in [5, 5.41) is 14.4. The molecule has 0 saturated carbocycles. The number of halogens is 3. The number of benzene rings is 1. The molecule has 0 bridgehead atoms. The van der Waals surface area contributed by atoms with Gasteiger partial charge in [-0.05, 0) is 36.5 Å². The molecule has 1 aliphatic heterocycles. The summed E-state index contributed by atoms with van der Waals surface area (Å²) in [6.45, 7) is 1.72. The lowest BCUT2D eigenvalue weighted by atomic mass is 9.91. The number of rotatable bonds is 4. The minimum atomic E-state index is -4.28. The van der Waals surface area contributed by atoms with E-state index in [2.05, 4.69) is 30.8 Å². The summed E-state index contributed by atoms with van der Waals surface area (Å²) in [5.41, 5.74) is 4.07. The van der Waals surface area contributed by atoms with E-state index in [9.17, 15) is 13.2 Å². The van der Waals surface area contributed by atoms with Crippen molar-refractivity contribution in [1.82, 2.24) is 25.5 Å². The number of hydrogen-bond acceptors (Lipinski definition) is 5. The number of nitrogens with one attached hydrogen (secondary N) is 3. The maximum atomic E-state index is 13.4. The molecule has 5 rings (SSSR count). The highest BCUT2D eigenvalue weighted by atomic mass is 19.4. The summed E-state index contributed by atoms with van der Waals surface area (Å²) < 4.78 is 40.2. The molecule has 0 radical (unpaired) electrons. The molecule has 3 heterocycles. The molecule has 1 fully saturated rings. The Labute approximate surface area is 171 Å². The van der Waals surface area contributed by atoms with E-state index in [1.807, 2.05) is 12.1 Å². The van der Waals surface area contributed by atoms with Crippen molar-refractivity contribution in [1.29, 1.82) is 0 Å². The molecular formula is C21H21F3N6. The van der Waals surface area contributed by atoms with Crippen LogP contribution in [0.1, 0.15) is 36.1 Å². The molecule has 1 aliphatic carbocycles. The van der Waals surface area contributed by atoms with Crippen LogP contribution >= 0.6 is 0 Å². The van der Waals surface area contributed by atoms with Gasteiger partial charge >= 0.3 is 6.18 Å². The Morgan fingerprint density at radius 1 is 1.07 bits per heavy atom. The normalized spacial score (nSPS) is 17.6. The van der Waals surface area contributed by atoms with Crippen molar-refractivity contribution in [3.8, 4) is 0 Å². The fourth-order valence-corrected chi connectivity index (χ4v) is 4.24. The molecule has 2 aromatic heterocycles. The molecule has 1 saturated heterocycles. The second-order valence-corrected chi connectivity index (χ2v) is 7.83. The lowest BCUT2D eigenvalue weighted by Gasteiger charge is -2.28. The van der Waals surface area contributed by atoms with Gasteiger partial charge in [0.25, 0.3) is 0 Å². The van der Waals surface area contributed by atoms with Gasteiger partial charge in [-0.25, -0.2) is 4.98 Å². The number of aromatic nitrogens is 4. The van der Waals surface area contributed by atoms with Gasteiger partial charge in [0.1, 0.15) is 5.82 Å². The average Bonchev–Trinajstić information content (AvgIpc) is 3.08. The highest BCUT2D eigenvalue weighted by Gasteiger charge is 2.32. The SMILES string of the molecule is FC(F)(F)CC1=C(c2cnc(NC3CNC3)cn2)c2ccc3[nH]ncc3c2CCC1. The van der Waals surface area contributed by atoms with Gasteiger partial charge < -0.3 is 10.6 Å². The van der Waals surface area contributed by atoms with E-state index in [1.165, 1.54) is 0 Å². The van der Waals surface area contributed by atoms with Crippen molar-refractivity contribution in [2.45, 2.75) is 37.9 Å². The third kappa shape index (κ3) is 3.65. The van der Waals surface area contributed by atoms with E-state index in [4.69, 9.17) is 0 Å². The number of aryl methyl sites for hydroxylation is 1. The topological polar surface area (TPSA) is 78.5 Å². The molecule has 1 aromatic carbocycles. The zero-order chi connectivity index (χ0) is 20.7. The van der Waals surface area contributed by atoms with Crippen molar-refractivity contribution in [2.24, 2.45) is 0 Å². The van der Waals surface area contributed by atoms with Crippen LogP contribution in [0, 0.1) is 0 Å². The van der Waals surface area contributed by atoms with Gasteiger partial charge in [0, 0.05) is 24.0 Å². The zero-order valence-electron chi connectivity index (χ0n) is 16.2. The Morgan fingerprint density at radius 2 is 1.93 bits per heavy atom. The van der Waals surface area contributed by atoms with Crippen LogP contribution in [0.2, 0.25) is 0 Å².